The number of likely N-dealkylation sites (tertiary alicyclic amines) is 1. The Bertz CT molecular complexity index is 393. The Labute approximate surface area is 125 Å². The van der Waals surface area contributed by atoms with Gasteiger partial charge in [0.15, 0.2) is 0 Å². The van der Waals surface area contributed by atoms with E-state index < -0.39 is 11.5 Å². The average molecular weight is 298 g/mol. The second-order valence-corrected chi connectivity index (χ2v) is 6.44. The van der Waals surface area contributed by atoms with Crippen LogP contribution in [0.5, 0.6) is 0 Å². The van der Waals surface area contributed by atoms with Crippen LogP contribution in [0.3, 0.4) is 0 Å². The number of urea groups is 1. The summed E-state index contributed by atoms with van der Waals surface area (Å²) in [5.41, 5.74) is -1.09. The fourth-order valence-electron chi connectivity index (χ4n) is 3.49. The summed E-state index contributed by atoms with van der Waals surface area (Å²) in [5, 5.41) is 12.4. The maximum Gasteiger partial charge on any atom is 0.329 e. The molecule has 120 valence electrons. The number of hydrogen-bond acceptors (Lipinski definition) is 3. The predicted octanol–water partition coefficient (Wildman–Crippen LogP) is 1.84. The van der Waals surface area contributed by atoms with Crippen molar-refractivity contribution in [3.05, 3.63) is 0 Å². The van der Waals surface area contributed by atoms with Gasteiger partial charge in [-0.15, -0.1) is 0 Å². The largest absolute Gasteiger partial charge is 0.480 e. The Kier molecular flexibility index (Phi) is 5.08. The summed E-state index contributed by atoms with van der Waals surface area (Å²) in [6, 6.07) is -0.249. The highest BCUT2D eigenvalue weighted by atomic mass is 16.5. The second-order valence-electron chi connectivity index (χ2n) is 6.44. The number of piperidine rings is 1. The lowest BCUT2D eigenvalue weighted by Gasteiger charge is -2.39. The molecule has 1 saturated carbocycles. The quantitative estimate of drug-likeness (QED) is 0.833. The molecule has 6 nitrogen and oxygen atoms in total. The standard InChI is InChI=1S/C15H26N2O4/c1-11-4-3-7-15(10-11,13(18)19)16-14(20)17-8-5-12(21-2)6-9-17/h11-12H,3-10H2,1-2H3,(H,16,20)(H,18,19). The molecule has 1 saturated heterocycles. The molecule has 6 heteroatoms. The summed E-state index contributed by atoms with van der Waals surface area (Å²) in [6.45, 7) is 3.29. The van der Waals surface area contributed by atoms with Gasteiger partial charge >= 0.3 is 12.0 Å². The summed E-state index contributed by atoms with van der Waals surface area (Å²) < 4.78 is 5.29. The minimum absolute atomic E-state index is 0.206. The highest BCUT2D eigenvalue weighted by Crippen LogP contribution is 2.33. The number of carboxylic acid groups (broad SMARTS) is 1. The number of nitrogens with one attached hydrogen (secondary N) is 1. The second kappa shape index (κ2) is 6.64. The molecule has 2 amide bonds. The maximum atomic E-state index is 12.4. The SMILES string of the molecule is COC1CCN(C(=O)NC2(C(=O)O)CCCC(C)C2)CC1. The van der Waals surface area contributed by atoms with Gasteiger partial charge in [-0.05, 0) is 31.6 Å². The summed E-state index contributed by atoms with van der Waals surface area (Å²) in [7, 11) is 1.68. The van der Waals surface area contributed by atoms with Crippen molar-refractivity contribution in [2.75, 3.05) is 20.2 Å². The van der Waals surface area contributed by atoms with Crippen molar-refractivity contribution in [2.45, 2.75) is 57.1 Å². The smallest absolute Gasteiger partial charge is 0.329 e. The summed E-state index contributed by atoms with van der Waals surface area (Å²) in [6.07, 6.45) is 4.73. The molecule has 0 aromatic carbocycles. The van der Waals surface area contributed by atoms with Gasteiger partial charge < -0.3 is 20.1 Å². The first kappa shape index (κ1) is 16.1. The van der Waals surface area contributed by atoms with Crippen molar-refractivity contribution in [3.8, 4) is 0 Å². The maximum absolute atomic E-state index is 12.4. The molecule has 0 aromatic rings. The van der Waals surface area contributed by atoms with Crippen molar-refractivity contribution >= 4 is 12.0 Å². The van der Waals surface area contributed by atoms with E-state index in [0.29, 0.717) is 31.8 Å². The first-order chi connectivity index (χ1) is 9.97. The number of hydrogen-bond donors (Lipinski definition) is 2. The van der Waals surface area contributed by atoms with E-state index in [2.05, 4.69) is 5.32 Å². The zero-order chi connectivity index (χ0) is 15.5. The van der Waals surface area contributed by atoms with E-state index in [1.54, 1.807) is 12.0 Å². The molecule has 21 heavy (non-hydrogen) atoms. The van der Waals surface area contributed by atoms with Gasteiger partial charge in [0.25, 0.3) is 0 Å². The van der Waals surface area contributed by atoms with Crippen LogP contribution in [0.2, 0.25) is 0 Å². The number of methoxy groups -OCH3 is 1. The lowest BCUT2D eigenvalue weighted by atomic mass is 9.76. The summed E-state index contributed by atoms with van der Waals surface area (Å²) in [4.78, 5) is 25.8. The number of nitrogens with zero attached hydrogens (tertiary/aromatic N) is 1. The van der Waals surface area contributed by atoms with Crippen LogP contribution < -0.4 is 5.32 Å². The van der Waals surface area contributed by atoms with Crippen LogP contribution in [0, 0.1) is 5.92 Å². The van der Waals surface area contributed by atoms with Crippen LogP contribution >= 0.6 is 0 Å². The number of ether oxygens (including phenoxy) is 1. The van der Waals surface area contributed by atoms with E-state index in [4.69, 9.17) is 4.74 Å². The van der Waals surface area contributed by atoms with Gasteiger partial charge in [0.2, 0.25) is 0 Å². The molecule has 0 aromatic heterocycles. The molecule has 0 bridgehead atoms. The molecule has 0 radical (unpaired) electrons. The third-order valence-corrected chi connectivity index (χ3v) is 4.82. The Morgan fingerprint density at radius 2 is 1.95 bits per heavy atom. The van der Waals surface area contributed by atoms with Crippen LogP contribution in [-0.4, -0.2) is 53.8 Å². The topological polar surface area (TPSA) is 78.9 Å². The van der Waals surface area contributed by atoms with Gasteiger partial charge in [0.05, 0.1) is 6.10 Å². The van der Waals surface area contributed by atoms with Crippen molar-refractivity contribution in [1.82, 2.24) is 10.2 Å². The van der Waals surface area contributed by atoms with Crippen LogP contribution in [0.25, 0.3) is 0 Å². The minimum atomic E-state index is -1.09. The molecule has 2 unspecified atom stereocenters. The molecule has 1 heterocycles. The number of rotatable bonds is 3. The number of amides is 2. The third-order valence-electron chi connectivity index (χ3n) is 4.82. The van der Waals surface area contributed by atoms with Gasteiger partial charge in [0.1, 0.15) is 5.54 Å². The van der Waals surface area contributed by atoms with Crippen molar-refractivity contribution in [1.29, 1.82) is 0 Å². The first-order valence-corrected chi connectivity index (χ1v) is 7.80. The van der Waals surface area contributed by atoms with E-state index in [9.17, 15) is 14.7 Å². The minimum Gasteiger partial charge on any atom is -0.480 e. The highest BCUT2D eigenvalue weighted by Gasteiger charge is 2.44. The van der Waals surface area contributed by atoms with E-state index in [1.807, 2.05) is 6.92 Å². The normalized spacial score (nSPS) is 31.0. The zero-order valence-corrected chi connectivity index (χ0v) is 12.9. The Balaban J connectivity index is 1.97. The number of carbonyl (C=O) groups is 2. The molecule has 2 fully saturated rings. The Morgan fingerprint density at radius 1 is 1.29 bits per heavy atom. The van der Waals surface area contributed by atoms with Gasteiger partial charge in [0, 0.05) is 20.2 Å². The Morgan fingerprint density at radius 3 is 2.48 bits per heavy atom. The zero-order valence-electron chi connectivity index (χ0n) is 12.9. The van der Waals surface area contributed by atoms with Crippen LogP contribution in [0.15, 0.2) is 0 Å². The monoisotopic (exact) mass is 298 g/mol. The predicted molar refractivity (Wildman–Crippen MR) is 78.1 cm³/mol. The van der Waals surface area contributed by atoms with Gasteiger partial charge in [-0.1, -0.05) is 19.8 Å². The van der Waals surface area contributed by atoms with Crippen LogP contribution in [0.1, 0.15) is 45.4 Å². The highest BCUT2D eigenvalue weighted by molar-refractivity contribution is 5.86. The molecular weight excluding hydrogens is 272 g/mol. The molecule has 1 aliphatic carbocycles. The summed E-state index contributed by atoms with van der Waals surface area (Å²) in [5.74, 6) is -0.580. The lowest BCUT2D eigenvalue weighted by molar-refractivity contribution is -0.146. The molecule has 1 aliphatic heterocycles. The number of aliphatic carboxylic acids is 1. The fourth-order valence-corrected chi connectivity index (χ4v) is 3.49. The molecule has 2 aliphatic rings. The fraction of sp³-hybridized carbons (Fsp3) is 0.867. The molecule has 2 atom stereocenters. The molecule has 2 rings (SSSR count). The van der Waals surface area contributed by atoms with Crippen LogP contribution in [0.4, 0.5) is 4.79 Å². The van der Waals surface area contributed by atoms with Crippen molar-refractivity contribution < 1.29 is 19.4 Å². The van der Waals surface area contributed by atoms with E-state index in [-0.39, 0.29) is 12.1 Å². The lowest BCUT2D eigenvalue weighted by Crippen LogP contribution is -2.60. The molecule has 2 N–H and O–H groups in total. The van der Waals surface area contributed by atoms with E-state index in [0.717, 1.165) is 25.7 Å². The number of carboxylic acids is 1. The third kappa shape index (κ3) is 3.67. The van der Waals surface area contributed by atoms with Gasteiger partial charge in [-0.2, -0.15) is 0 Å². The van der Waals surface area contributed by atoms with Crippen molar-refractivity contribution in [2.24, 2.45) is 5.92 Å². The van der Waals surface area contributed by atoms with Gasteiger partial charge in [-0.3, -0.25) is 0 Å². The van der Waals surface area contributed by atoms with E-state index in [1.165, 1.54) is 0 Å². The average Bonchev–Trinajstić information content (AvgIpc) is 2.47. The van der Waals surface area contributed by atoms with Crippen molar-refractivity contribution in [3.63, 3.8) is 0 Å². The molecular formula is C15H26N2O4. The molecule has 0 spiro atoms. The van der Waals surface area contributed by atoms with Gasteiger partial charge in [-0.25, -0.2) is 9.59 Å². The van der Waals surface area contributed by atoms with E-state index >= 15 is 0 Å². The summed E-state index contributed by atoms with van der Waals surface area (Å²) >= 11 is 0. The van der Waals surface area contributed by atoms with Crippen LogP contribution in [-0.2, 0) is 9.53 Å². The Hall–Kier alpha value is -1.30. The first-order valence-electron chi connectivity index (χ1n) is 7.80. The number of carbonyl (C=O) groups excluding carboxylic acids is 1.